The van der Waals surface area contributed by atoms with E-state index >= 15 is 0 Å². The van der Waals surface area contributed by atoms with Gasteiger partial charge in [-0.1, -0.05) is 49.6 Å². The largest absolute Gasteiger partial charge is 0.469 e. The molecule has 0 saturated carbocycles. The Bertz CT molecular complexity index is 534. The predicted molar refractivity (Wildman–Crippen MR) is 119 cm³/mol. The Balaban J connectivity index is 1.46. The number of unbranched alkanes of at least 4 members (excludes halogenated alkanes) is 5. The minimum absolute atomic E-state index is 0.0125. The molecule has 5 nitrogen and oxygen atoms in total. The van der Waals surface area contributed by atoms with Gasteiger partial charge in [0, 0.05) is 0 Å². The smallest absolute Gasteiger partial charge is 0.308 e. The van der Waals surface area contributed by atoms with Crippen LogP contribution in [0, 0.1) is 0 Å². The Morgan fingerprint density at radius 2 is 1.63 bits per heavy atom. The maximum Gasteiger partial charge on any atom is 0.308 e. The van der Waals surface area contributed by atoms with Crippen LogP contribution in [0.1, 0.15) is 83.5 Å². The molecule has 2 heterocycles. The van der Waals surface area contributed by atoms with Crippen LogP contribution in [0.3, 0.4) is 0 Å². The summed E-state index contributed by atoms with van der Waals surface area (Å²) in [5.74, 6) is -0.258. The van der Waals surface area contributed by atoms with E-state index in [0.717, 1.165) is 51.4 Å². The van der Waals surface area contributed by atoms with Crippen molar-refractivity contribution in [2.45, 2.75) is 108 Å². The molecule has 30 heavy (non-hydrogen) atoms. The number of hydrogen-bond donors (Lipinski definition) is 0. The average molecular weight is 421 g/mol. The summed E-state index contributed by atoms with van der Waals surface area (Å²) in [6, 6.07) is 0. The summed E-state index contributed by atoms with van der Waals surface area (Å²) < 4.78 is 10.9. The lowest BCUT2D eigenvalue weighted by Crippen LogP contribution is -2.37. The molecular weight excluding hydrogens is 380 g/mol. The maximum atomic E-state index is 11.3. The monoisotopic (exact) mass is 420 g/mol. The Morgan fingerprint density at radius 3 is 2.37 bits per heavy atom. The first-order valence-corrected chi connectivity index (χ1v) is 11.7. The fourth-order valence-corrected chi connectivity index (χ4v) is 4.02. The van der Waals surface area contributed by atoms with Crippen molar-refractivity contribution < 1.29 is 24.0 Å². The van der Waals surface area contributed by atoms with Crippen LogP contribution in [0.25, 0.3) is 0 Å². The number of carbonyl (C=O) groups excluding carboxylic acids is 1. The third-order valence-corrected chi connectivity index (χ3v) is 5.83. The van der Waals surface area contributed by atoms with E-state index in [9.17, 15) is 4.79 Å². The molecule has 5 heteroatoms. The van der Waals surface area contributed by atoms with Gasteiger partial charge in [-0.2, -0.15) is 0 Å². The minimum Gasteiger partial charge on any atom is -0.469 e. The second-order valence-electron chi connectivity index (χ2n) is 8.30. The molecular formula is C25H40O5. The van der Waals surface area contributed by atoms with E-state index in [1.54, 1.807) is 0 Å². The highest BCUT2D eigenvalue weighted by molar-refractivity contribution is 5.69. The van der Waals surface area contributed by atoms with Gasteiger partial charge in [0.15, 0.2) is 0 Å². The van der Waals surface area contributed by atoms with Crippen molar-refractivity contribution >= 4 is 5.97 Å². The molecule has 0 aromatic heterocycles. The van der Waals surface area contributed by atoms with Crippen molar-refractivity contribution in [3.8, 4) is 0 Å². The quantitative estimate of drug-likeness (QED) is 0.113. The molecule has 4 unspecified atom stereocenters. The highest BCUT2D eigenvalue weighted by atomic mass is 17.2. The zero-order chi connectivity index (χ0) is 21.4. The summed E-state index contributed by atoms with van der Waals surface area (Å²) >= 11 is 0. The van der Waals surface area contributed by atoms with Crippen molar-refractivity contribution in [2.24, 2.45) is 0 Å². The van der Waals surface area contributed by atoms with E-state index in [1.165, 1.54) is 32.8 Å². The zero-order valence-corrected chi connectivity index (χ0v) is 18.6. The van der Waals surface area contributed by atoms with Gasteiger partial charge in [-0.25, -0.2) is 9.78 Å². The summed E-state index contributed by atoms with van der Waals surface area (Å²) in [7, 11) is 1.39. The summed E-state index contributed by atoms with van der Waals surface area (Å²) in [4.78, 5) is 22.3. The van der Waals surface area contributed by atoms with Crippen molar-refractivity contribution in [1.29, 1.82) is 0 Å². The maximum absolute atomic E-state index is 11.3. The molecule has 4 atom stereocenters. The van der Waals surface area contributed by atoms with E-state index in [2.05, 4.69) is 35.6 Å². The van der Waals surface area contributed by atoms with Crippen LogP contribution in [-0.4, -0.2) is 37.5 Å². The molecule has 2 aliphatic heterocycles. The van der Waals surface area contributed by atoms with Crippen LogP contribution in [0.5, 0.6) is 0 Å². The number of ether oxygens (including phenoxy) is 2. The first-order chi connectivity index (χ1) is 14.7. The van der Waals surface area contributed by atoms with Gasteiger partial charge in [-0.15, -0.1) is 6.58 Å². The van der Waals surface area contributed by atoms with Gasteiger partial charge in [0.05, 0.1) is 25.7 Å². The minimum atomic E-state index is -0.258. The normalized spacial score (nSPS) is 27.1. The summed E-state index contributed by atoms with van der Waals surface area (Å²) in [6.45, 7) is 3.72. The number of hydrogen-bond acceptors (Lipinski definition) is 5. The Labute approximate surface area is 182 Å². The number of esters is 1. The van der Waals surface area contributed by atoms with Gasteiger partial charge in [0.2, 0.25) is 0 Å². The van der Waals surface area contributed by atoms with Crippen molar-refractivity contribution in [3.63, 3.8) is 0 Å². The highest BCUT2D eigenvalue weighted by Crippen LogP contribution is 2.32. The lowest BCUT2D eigenvalue weighted by atomic mass is 10.0. The Morgan fingerprint density at radius 1 is 0.900 bits per heavy atom. The van der Waals surface area contributed by atoms with Gasteiger partial charge in [-0.05, 0) is 57.8 Å². The van der Waals surface area contributed by atoms with Crippen LogP contribution in [0.2, 0.25) is 0 Å². The molecule has 0 bridgehead atoms. The second-order valence-corrected chi connectivity index (χ2v) is 8.30. The van der Waals surface area contributed by atoms with Gasteiger partial charge >= 0.3 is 5.97 Å². The van der Waals surface area contributed by atoms with Crippen LogP contribution in [0.4, 0.5) is 0 Å². The van der Waals surface area contributed by atoms with Crippen molar-refractivity contribution in [3.05, 3.63) is 37.0 Å². The van der Waals surface area contributed by atoms with Crippen molar-refractivity contribution in [2.75, 3.05) is 7.11 Å². The SMILES string of the molecule is C=CCCC=CC=CCCCCCCC1CCC(C2CCC(CC(=O)OC)OO2)O1. The number of rotatable bonds is 14. The van der Waals surface area contributed by atoms with Crippen LogP contribution >= 0.6 is 0 Å². The highest BCUT2D eigenvalue weighted by Gasteiger charge is 2.36. The first kappa shape index (κ1) is 24.8. The number of carbonyl (C=O) groups is 1. The van der Waals surface area contributed by atoms with E-state index in [4.69, 9.17) is 14.5 Å². The molecule has 0 aromatic rings. The molecule has 2 rings (SSSR count). The lowest BCUT2D eigenvalue weighted by Gasteiger charge is -2.30. The fraction of sp³-hybridized carbons (Fsp3) is 0.720. The molecule has 0 aromatic carbocycles. The zero-order valence-electron chi connectivity index (χ0n) is 18.6. The summed E-state index contributed by atoms with van der Waals surface area (Å²) in [5, 5.41) is 0. The van der Waals surface area contributed by atoms with Gasteiger partial charge in [-0.3, -0.25) is 4.79 Å². The molecule has 2 aliphatic rings. The van der Waals surface area contributed by atoms with E-state index in [-0.39, 0.29) is 30.7 Å². The Kier molecular flexibility index (Phi) is 12.7. The Hall–Kier alpha value is -1.43. The molecule has 0 N–H and O–H groups in total. The fourth-order valence-electron chi connectivity index (χ4n) is 4.02. The van der Waals surface area contributed by atoms with Crippen LogP contribution in [-0.2, 0) is 24.0 Å². The molecule has 2 saturated heterocycles. The average Bonchev–Trinajstić information content (AvgIpc) is 3.24. The van der Waals surface area contributed by atoms with Crippen molar-refractivity contribution in [1.82, 2.24) is 0 Å². The topological polar surface area (TPSA) is 54.0 Å². The molecule has 170 valence electrons. The van der Waals surface area contributed by atoms with Crippen LogP contribution in [0.15, 0.2) is 37.0 Å². The third kappa shape index (κ3) is 10.1. The van der Waals surface area contributed by atoms with Gasteiger partial charge < -0.3 is 9.47 Å². The molecule has 0 radical (unpaired) electrons. The van der Waals surface area contributed by atoms with E-state index < -0.39 is 0 Å². The summed E-state index contributed by atoms with van der Waals surface area (Å²) in [5.41, 5.74) is 0. The van der Waals surface area contributed by atoms with E-state index in [1.807, 2.05) is 6.08 Å². The third-order valence-electron chi connectivity index (χ3n) is 5.83. The lowest BCUT2D eigenvalue weighted by molar-refractivity contribution is -0.385. The van der Waals surface area contributed by atoms with Gasteiger partial charge in [0.25, 0.3) is 0 Å². The van der Waals surface area contributed by atoms with Gasteiger partial charge in [0.1, 0.15) is 12.2 Å². The summed E-state index contributed by atoms with van der Waals surface area (Å²) in [6.07, 6.45) is 24.5. The number of allylic oxidation sites excluding steroid dienone is 5. The first-order valence-electron chi connectivity index (χ1n) is 11.7. The van der Waals surface area contributed by atoms with E-state index in [0.29, 0.717) is 6.10 Å². The number of methoxy groups -OCH3 is 1. The molecule has 0 aliphatic carbocycles. The molecule has 0 spiro atoms. The second kappa shape index (κ2) is 15.4. The molecule has 0 amide bonds. The van der Waals surface area contributed by atoms with Crippen LogP contribution < -0.4 is 0 Å². The predicted octanol–water partition coefficient (Wildman–Crippen LogP) is 6.00. The molecule has 2 fully saturated rings. The standard InChI is InChI=1S/C25H40O5/c1-3-4-5-6-7-8-9-10-11-12-13-14-15-21-16-18-23(28-21)24-19-17-22(29-30-24)20-25(26)27-2/h3,6-9,21-24H,1,4-5,10-20H2,2H3.